The van der Waals surface area contributed by atoms with Crippen LogP contribution in [0.25, 0.3) is 10.9 Å². The molecule has 0 fully saturated rings. The summed E-state index contributed by atoms with van der Waals surface area (Å²) in [5.41, 5.74) is 1.70. The fourth-order valence-corrected chi connectivity index (χ4v) is 5.62. The summed E-state index contributed by atoms with van der Waals surface area (Å²) in [6.07, 6.45) is 1.82. The third-order valence-electron chi connectivity index (χ3n) is 5.41. The topological polar surface area (TPSA) is 85.0 Å². The van der Waals surface area contributed by atoms with Gasteiger partial charge in [-0.1, -0.05) is 41.9 Å². The number of halogens is 1. The minimum Gasteiger partial charge on any atom is -0.492 e. The van der Waals surface area contributed by atoms with Crippen molar-refractivity contribution in [2.24, 2.45) is 5.10 Å². The summed E-state index contributed by atoms with van der Waals surface area (Å²) < 4.78 is 39.4. The van der Waals surface area contributed by atoms with E-state index >= 15 is 0 Å². The van der Waals surface area contributed by atoms with Gasteiger partial charge in [-0.3, -0.25) is 0 Å². The molecule has 0 N–H and O–H groups in total. The summed E-state index contributed by atoms with van der Waals surface area (Å²) in [5.74, 6) is 1.13. The second-order valence-corrected chi connectivity index (χ2v) is 9.62. The third kappa shape index (κ3) is 3.85. The highest BCUT2D eigenvalue weighted by molar-refractivity contribution is 7.89. The third-order valence-corrected chi connectivity index (χ3v) is 7.41. The molecule has 2 aromatic carbocycles. The molecular formula is C24H20ClN3O4S. The number of furan rings is 1. The van der Waals surface area contributed by atoms with Crippen molar-refractivity contribution in [2.45, 2.75) is 24.3 Å². The first-order valence-electron chi connectivity index (χ1n) is 10.4. The quantitative estimate of drug-likeness (QED) is 0.343. The van der Waals surface area contributed by atoms with Gasteiger partial charge in [0.25, 0.3) is 10.0 Å². The Morgan fingerprint density at radius 2 is 1.94 bits per heavy atom. The molecule has 1 aliphatic rings. The predicted octanol–water partition coefficient (Wildman–Crippen LogP) is 5.42. The van der Waals surface area contributed by atoms with E-state index in [1.54, 1.807) is 42.5 Å². The lowest BCUT2D eigenvalue weighted by molar-refractivity contribution is 0.343. The molecule has 0 bridgehead atoms. The van der Waals surface area contributed by atoms with Crippen LogP contribution in [-0.4, -0.2) is 30.1 Å². The smallest absolute Gasteiger partial charge is 0.279 e. The first-order valence-corrected chi connectivity index (χ1v) is 12.2. The number of rotatable bonds is 6. The van der Waals surface area contributed by atoms with Gasteiger partial charge in [-0.2, -0.15) is 17.9 Å². The van der Waals surface area contributed by atoms with E-state index < -0.39 is 16.1 Å². The van der Waals surface area contributed by atoms with E-state index in [1.165, 1.54) is 6.26 Å². The lowest BCUT2D eigenvalue weighted by Crippen LogP contribution is -2.27. The Morgan fingerprint density at radius 1 is 1.12 bits per heavy atom. The van der Waals surface area contributed by atoms with Crippen LogP contribution in [0.2, 0.25) is 5.15 Å². The highest BCUT2D eigenvalue weighted by atomic mass is 35.5. The predicted molar refractivity (Wildman–Crippen MR) is 126 cm³/mol. The van der Waals surface area contributed by atoms with Crippen molar-refractivity contribution in [1.29, 1.82) is 0 Å². The standard InChI is InChI=1S/C24H20ClN3O4S/c1-2-31-22-11-6-8-16-14-18(24(25)26-23(16)22)20-15-19(21-12-7-13-32-21)27-28(20)33(29,30)17-9-4-3-5-10-17/h3-14,20H,2,15H2,1H3/t20-/m1/s1. The number of pyridine rings is 1. The Balaban J connectivity index is 1.64. The Kier molecular flexibility index (Phi) is 5.55. The number of ether oxygens (including phenoxy) is 1. The van der Waals surface area contributed by atoms with E-state index in [0.717, 1.165) is 9.80 Å². The minimum absolute atomic E-state index is 0.142. The molecule has 33 heavy (non-hydrogen) atoms. The first-order chi connectivity index (χ1) is 16.0. The molecule has 0 aliphatic carbocycles. The maximum absolute atomic E-state index is 13.6. The van der Waals surface area contributed by atoms with Crippen molar-refractivity contribution < 1.29 is 17.6 Å². The van der Waals surface area contributed by atoms with Crippen LogP contribution in [0.3, 0.4) is 0 Å². The SMILES string of the molecule is CCOc1cccc2cc([C@H]3CC(c4ccco4)=NN3S(=O)(=O)c3ccccc3)c(Cl)nc12. The van der Waals surface area contributed by atoms with Gasteiger partial charge < -0.3 is 9.15 Å². The second-order valence-electron chi connectivity index (χ2n) is 7.46. The van der Waals surface area contributed by atoms with Gasteiger partial charge in [0, 0.05) is 17.4 Å². The number of sulfonamides is 1. The van der Waals surface area contributed by atoms with Gasteiger partial charge in [0.2, 0.25) is 0 Å². The monoisotopic (exact) mass is 481 g/mol. The van der Waals surface area contributed by atoms with Gasteiger partial charge in [0.05, 0.1) is 23.8 Å². The lowest BCUT2D eigenvalue weighted by Gasteiger charge is -2.24. The number of benzene rings is 2. The average molecular weight is 482 g/mol. The zero-order valence-electron chi connectivity index (χ0n) is 17.7. The number of hydrogen-bond donors (Lipinski definition) is 0. The molecule has 0 unspecified atom stereocenters. The molecule has 7 nitrogen and oxygen atoms in total. The van der Waals surface area contributed by atoms with Gasteiger partial charge in [-0.15, -0.1) is 0 Å². The van der Waals surface area contributed by atoms with Crippen LogP contribution >= 0.6 is 11.6 Å². The van der Waals surface area contributed by atoms with Crippen LogP contribution in [0.4, 0.5) is 0 Å². The van der Waals surface area contributed by atoms with Crippen LogP contribution in [-0.2, 0) is 10.0 Å². The number of para-hydroxylation sites is 1. The molecule has 1 aliphatic heterocycles. The Labute approximate surface area is 196 Å². The maximum atomic E-state index is 13.6. The largest absolute Gasteiger partial charge is 0.492 e. The summed E-state index contributed by atoms with van der Waals surface area (Å²) in [7, 11) is -3.95. The molecule has 168 valence electrons. The maximum Gasteiger partial charge on any atom is 0.279 e. The van der Waals surface area contributed by atoms with E-state index in [4.69, 9.17) is 20.8 Å². The fourth-order valence-electron chi connectivity index (χ4n) is 3.90. The fraction of sp³-hybridized carbons (Fsp3) is 0.167. The Bertz CT molecular complexity index is 1440. The minimum atomic E-state index is -3.95. The van der Waals surface area contributed by atoms with E-state index in [-0.39, 0.29) is 16.5 Å². The van der Waals surface area contributed by atoms with Crippen molar-refractivity contribution in [2.75, 3.05) is 6.61 Å². The molecule has 2 aromatic heterocycles. The van der Waals surface area contributed by atoms with Crippen molar-refractivity contribution >= 4 is 38.2 Å². The number of aromatic nitrogens is 1. The normalized spacial score (nSPS) is 16.2. The van der Waals surface area contributed by atoms with Crippen molar-refractivity contribution in [1.82, 2.24) is 9.40 Å². The van der Waals surface area contributed by atoms with Gasteiger partial charge in [0.15, 0.2) is 0 Å². The first kappa shape index (κ1) is 21.5. The van der Waals surface area contributed by atoms with Crippen LogP contribution in [0.15, 0.2) is 87.4 Å². The molecule has 0 amide bonds. The molecule has 9 heteroatoms. The van der Waals surface area contributed by atoms with Crippen LogP contribution in [0.5, 0.6) is 5.75 Å². The highest BCUT2D eigenvalue weighted by Crippen LogP contribution is 2.41. The molecule has 0 spiro atoms. The molecule has 3 heterocycles. The molecule has 5 rings (SSSR count). The van der Waals surface area contributed by atoms with Crippen molar-refractivity contribution in [3.05, 3.63) is 89.5 Å². The summed E-state index contributed by atoms with van der Waals surface area (Å²) >= 11 is 6.63. The average Bonchev–Trinajstić information content (AvgIpc) is 3.50. The molecular weight excluding hydrogens is 462 g/mol. The number of fused-ring (bicyclic) bond motifs is 1. The highest BCUT2D eigenvalue weighted by Gasteiger charge is 2.39. The van der Waals surface area contributed by atoms with Crippen LogP contribution < -0.4 is 4.74 Å². The summed E-state index contributed by atoms with van der Waals surface area (Å²) in [6.45, 7) is 2.39. The Morgan fingerprint density at radius 3 is 2.67 bits per heavy atom. The zero-order valence-corrected chi connectivity index (χ0v) is 19.3. The van der Waals surface area contributed by atoms with E-state index in [0.29, 0.717) is 34.9 Å². The second kappa shape index (κ2) is 8.53. The van der Waals surface area contributed by atoms with Crippen LogP contribution in [0, 0.1) is 0 Å². The van der Waals surface area contributed by atoms with Gasteiger partial charge in [0.1, 0.15) is 27.9 Å². The van der Waals surface area contributed by atoms with E-state index in [2.05, 4.69) is 10.1 Å². The van der Waals surface area contributed by atoms with Gasteiger partial charge in [-0.05, 0) is 43.3 Å². The molecule has 4 aromatic rings. The Hall–Kier alpha value is -3.36. The number of hydrogen-bond acceptors (Lipinski definition) is 6. The molecule has 0 saturated heterocycles. The summed E-state index contributed by atoms with van der Waals surface area (Å²) in [6, 6.07) is 18.4. The van der Waals surface area contributed by atoms with Gasteiger partial charge in [-0.25, -0.2) is 4.98 Å². The molecule has 1 atom stereocenters. The lowest BCUT2D eigenvalue weighted by atomic mass is 10.0. The number of nitrogens with zero attached hydrogens (tertiary/aromatic N) is 3. The van der Waals surface area contributed by atoms with Crippen molar-refractivity contribution in [3.63, 3.8) is 0 Å². The van der Waals surface area contributed by atoms with Crippen molar-refractivity contribution in [3.8, 4) is 5.75 Å². The summed E-state index contributed by atoms with van der Waals surface area (Å²) in [4.78, 5) is 4.70. The van der Waals surface area contributed by atoms with E-state index in [1.807, 2.05) is 31.2 Å². The number of hydrazone groups is 1. The zero-order chi connectivity index (χ0) is 23.0. The molecule has 0 saturated carbocycles. The summed E-state index contributed by atoms with van der Waals surface area (Å²) in [5, 5.41) is 5.45. The van der Waals surface area contributed by atoms with Crippen LogP contribution in [0.1, 0.15) is 30.7 Å². The molecule has 0 radical (unpaired) electrons. The van der Waals surface area contributed by atoms with Gasteiger partial charge >= 0.3 is 0 Å². The van der Waals surface area contributed by atoms with E-state index in [9.17, 15) is 8.42 Å².